The Bertz CT molecular complexity index is 648. The minimum absolute atomic E-state index is 0.0222. The third-order valence-corrected chi connectivity index (χ3v) is 2.19. The molecular formula is C15H10N3O-. The average molecular weight is 248 g/mol. The summed E-state index contributed by atoms with van der Waals surface area (Å²) in [7, 11) is 0. The van der Waals surface area contributed by atoms with Gasteiger partial charge in [0.15, 0.2) is 0 Å². The van der Waals surface area contributed by atoms with E-state index in [1.807, 2.05) is 6.07 Å². The second-order valence-corrected chi connectivity index (χ2v) is 3.61. The Kier molecular flexibility index (Phi) is 5.61. The first kappa shape index (κ1) is 14.2. The van der Waals surface area contributed by atoms with Crippen molar-refractivity contribution in [3.8, 4) is 24.0 Å². The third-order valence-electron chi connectivity index (χ3n) is 2.19. The zero-order valence-corrected chi connectivity index (χ0v) is 10.4. The predicted molar refractivity (Wildman–Crippen MR) is 71.6 cm³/mol. The Morgan fingerprint density at radius 1 is 1.37 bits per heavy atom. The minimum Gasteiger partial charge on any atom is -0.762 e. The molecule has 0 saturated heterocycles. The number of hydrogen-bond donors (Lipinski definition) is 0. The summed E-state index contributed by atoms with van der Waals surface area (Å²) in [5, 5.41) is 26.3. The zero-order chi connectivity index (χ0) is 14.1. The molecule has 0 aliphatic carbocycles. The minimum atomic E-state index is 0.0222. The molecule has 1 heterocycles. The molecule has 0 atom stereocenters. The van der Waals surface area contributed by atoms with Crippen molar-refractivity contribution in [1.82, 2.24) is 0 Å². The van der Waals surface area contributed by atoms with Crippen molar-refractivity contribution < 1.29 is 4.74 Å². The van der Waals surface area contributed by atoms with Gasteiger partial charge in [-0.2, -0.15) is 10.5 Å². The van der Waals surface area contributed by atoms with Crippen molar-refractivity contribution in [2.24, 2.45) is 0 Å². The van der Waals surface area contributed by atoms with E-state index in [2.05, 4.69) is 11.8 Å². The molecule has 0 aromatic heterocycles. The lowest BCUT2D eigenvalue weighted by Gasteiger charge is -2.13. The molecule has 0 bridgehead atoms. The van der Waals surface area contributed by atoms with Crippen LogP contribution in [0, 0.1) is 34.5 Å². The largest absolute Gasteiger partial charge is 0.762 e. The summed E-state index contributed by atoms with van der Waals surface area (Å²) >= 11 is 0. The van der Waals surface area contributed by atoms with Gasteiger partial charge in [0, 0.05) is 0 Å². The van der Waals surface area contributed by atoms with Crippen LogP contribution in [0.1, 0.15) is 6.92 Å². The molecule has 0 radical (unpaired) electrons. The molecule has 0 amide bonds. The Morgan fingerprint density at radius 2 is 2.16 bits per heavy atom. The number of hydrogen-bond acceptors (Lipinski definition) is 3. The number of nitrogens with zero attached hydrogens (tertiary/aromatic N) is 3. The van der Waals surface area contributed by atoms with E-state index in [1.54, 1.807) is 31.0 Å². The number of allylic oxidation sites excluding steroid dienone is 3. The van der Waals surface area contributed by atoms with Gasteiger partial charge < -0.3 is 10.1 Å². The molecule has 4 heteroatoms. The Morgan fingerprint density at radius 3 is 2.74 bits per heavy atom. The van der Waals surface area contributed by atoms with Gasteiger partial charge in [-0.15, -0.1) is 5.92 Å². The van der Waals surface area contributed by atoms with E-state index in [1.165, 1.54) is 6.08 Å². The SMILES string of the molecule is CC#CC(C#N)=CC1=CC(=CC(=C=[N-])C#N)COC1. The van der Waals surface area contributed by atoms with Crippen molar-refractivity contribution >= 4 is 5.87 Å². The standard InChI is InChI=1S/C15H10N3O/c1-2-3-12(7-16)4-13-5-14(11-19-10-13)6-15(8-17)9-18/h4-6H,10-11H2,1H3/q-1. The van der Waals surface area contributed by atoms with Crippen LogP contribution in [0.5, 0.6) is 0 Å². The topological polar surface area (TPSA) is 79.1 Å². The van der Waals surface area contributed by atoms with Crippen LogP contribution < -0.4 is 0 Å². The van der Waals surface area contributed by atoms with E-state index >= 15 is 0 Å². The molecule has 0 saturated carbocycles. The lowest BCUT2D eigenvalue weighted by molar-refractivity contribution is 0.177. The highest BCUT2D eigenvalue weighted by molar-refractivity contribution is 5.70. The maximum Gasteiger partial charge on any atom is 0.108 e. The lowest BCUT2D eigenvalue weighted by Crippen LogP contribution is -2.08. The monoisotopic (exact) mass is 248 g/mol. The summed E-state index contributed by atoms with van der Waals surface area (Å²) in [5.41, 5.74) is 1.88. The average Bonchev–Trinajstić information content (AvgIpc) is 2.44. The Labute approximate surface area is 112 Å². The van der Waals surface area contributed by atoms with Crippen LogP contribution in [-0.2, 0) is 4.74 Å². The van der Waals surface area contributed by atoms with Crippen molar-refractivity contribution in [3.05, 3.63) is 45.9 Å². The predicted octanol–water partition coefficient (Wildman–Crippen LogP) is 2.03. The zero-order valence-electron chi connectivity index (χ0n) is 10.4. The molecule has 4 nitrogen and oxygen atoms in total. The van der Waals surface area contributed by atoms with E-state index in [4.69, 9.17) is 20.7 Å². The van der Waals surface area contributed by atoms with E-state index in [0.29, 0.717) is 18.8 Å². The van der Waals surface area contributed by atoms with Gasteiger partial charge in [-0.3, -0.25) is 5.87 Å². The van der Waals surface area contributed by atoms with Crippen molar-refractivity contribution in [2.45, 2.75) is 6.92 Å². The van der Waals surface area contributed by atoms with Gasteiger partial charge in [0.2, 0.25) is 0 Å². The molecule has 0 fully saturated rings. The summed E-state index contributed by atoms with van der Waals surface area (Å²) in [5.74, 6) is 7.13. The van der Waals surface area contributed by atoms with Crippen molar-refractivity contribution in [1.29, 1.82) is 10.5 Å². The summed E-state index contributed by atoms with van der Waals surface area (Å²) in [6, 6.07) is 3.78. The lowest BCUT2D eigenvalue weighted by atomic mass is 10.1. The first-order chi connectivity index (χ1) is 9.23. The van der Waals surface area contributed by atoms with E-state index in [0.717, 1.165) is 11.1 Å². The Hall–Kier alpha value is -2.83. The summed E-state index contributed by atoms with van der Waals surface area (Å²) in [6.45, 7) is 2.37. The van der Waals surface area contributed by atoms with Gasteiger partial charge >= 0.3 is 0 Å². The van der Waals surface area contributed by atoms with Crippen LogP contribution in [0.15, 0.2) is 40.5 Å². The number of ether oxygens (including phenoxy) is 1. The summed E-state index contributed by atoms with van der Waals surface area (Å²) in [6.07, 6.45) is 4.92. The number of rotatable bonds is 2. The molecular weight excluding hydrogens is 238 g/mol. The molecule has 0 spiro atoms. The van der Waals surface area contributed by atoms with Crippen LogP contribution in [0.4, 0.5) is 0 Å². The molecule has 19 heavy (non-hydrogen) atoms. The van der Waals surface area contributed by atoms with Gasteiger partial charge in [-0.25, -0.2) is 0 Å². The molecule has 0 unspecified atom stereocenters. The summed E-state index contributed by atoms with van der Waals surface area (Å²) in [4.78, 5) is 0. The molecule has 1 aliphatic heterocycles. The van der Waals surface area contributed by atoms with Gasteiger partial charge in [-0.05, 0) is 30.2 Å². The number of nitriles is 2. The maximum atomic E-state index is 8.88. The van der Waals surface area contributed by atoms with Gasteiger partial charge in [0.25, 0.3) is 0 Å². The smallest absolute Gasteiger partial charge is 0.108 e. The maximum absolute atomic E-state index is 8.88. The van der Waals surface area contributed by atoms with Gasteiger partial charge in [-0.1, -0.05) is 12.0 Å². The van der Waals surface area contributed by atoms with Crippen LogP contribution in [0.25, 0.3) is 5.41 Å². The molecule has 1 aliphatic rings. The highest BCUT2D eigenvalue weighted by Gasteiger charge is 2.07. The normalized spacial score (nSPS) is 16.3. The van der Waals surface area contributed by atoms with Gasteiger partial charge in [0.1, 0.15) is 17.7 Å². The van der Waals surface area contributed by atoms with Crippen LogP contribution in [0.2, 0.25) is 0 Å². The first-order valence-electron chi connectivity index (χ1n) is 5.44. The fourth-order valence-electron chi connectivity index (χ4n) is 1.47. The molecule has 92 valence electrons. The highest BCUT2D eigenvalue weighted by Crippen LogP contribution is 2.15. The first-order valence-corrected chi connectivity index (χ1v) is 5.44. The van der Waals surface area contributed by atoms with E-state index in [-0.39, 0.29) is 5.57 Å². The molecule has 0 aromatic carbocycles. The van der Waals surface area contributed by atoms with Gasteiger partial charge in [0.05, 0.1) is 18.8 Å². The second kappa shape index (κ2) is 7.49. The fourth-order valence-corrected chi connectivity index (χ4v) is 1.47. The van der Waals surface area contributed by atoms with Crippen molar-refractivity contribution in [2.75, 3.05) is 13.2 Å². The van der Waals surface area contributed by atoms with Crippen LogP contribution >= 0.6 is 0 Å². The Balaban J connectivity index is 3.08. The quantitative estimate of drug-likeness (QED) is 0.426. The second-order valence-electron chi connectivity index (χ2n) is 3.61. The van der Waals surface area contributed by atoms with Crippen LogP contribution in [-0.4, -0.2) is 19.1 Å². The van der Waals surface area contributed by atoms with Crippen LogP contribution in [0.3, 0.4) is 0 Å². The molecule has 0 aromatic rings. The third kappa shape index (κ3) is 4.50. The van der Waals surface area contributed by atoms with Crippen molar-refractivity contribution in [3.63, 3.8) is 0 Å². The molecule has 1 rings (SSSR count). The van der Waals surface area contributed by atoms with E-state index < -0.39 is 0 Å². The highest BCUT2D eigenvalue weighted by atomic mass is 16.5. The summed E-state index contributed by atoms with van der Waals surface area (Å²) < 4.78 is 5.34. The fraction of sp³-hybridized carbons (Fsp3) is 0.200. The van der Waals surface area contributed by atoms with E-state index in [9.17, 15) is 0 Å². The molecule has 0 N–H and O–H groups in total.